The van der Waals surface area contributed by atoms with E-state index in [1.165, 1.54) is 12.3 Å². The molecule has 4 heteroatoms. The number of pyridine rings is 1. The van der Waals surface area contributed by atoms with E-state index < -0.39 is 0 Å². The molecule has 0 saturated carbocycles. The summed E-state index contributed by atoms with van der Waals surface area (Å²) in [6.07, 6.45) is 1.57. The molecule has 2 aromatic rings. The quantitative estimate of drug-likeness (QED) is 0.809. The molecule has 0 bridgehead atoms. The molecule has 92 valence electrons. The van der Waals surface area contributed by atoms with Gasteiger partial charge in [0.1, 0.15) is 5.82 Å². The predicted octanol–water partition coefficient (Wildman–Crippen LogP) is 3.72. The molecule has 18 heavy (non-hydrogen) atoms. The number of Topliss-reactive ketones (excluding diaryl/α,β-unsaturated/α-hetero) is 1. The van der Waals surface area contributed by atoms with Crippen LogP contribution in [0.25, 0.3) is 0 Å². The van der Waals surface area contributed by atoms with Crippen LogP contribution < -0.4 is 0 Å². The molecule has 0 radical (unpaired) electrons. The van der Waals surface area contributed by atoms with Crippen molar-refractivity contribution in [3.05, 3.63) is 63.6 Å². The van der Waals surface area contributed by atoms with Crippen LogP contribution in [-0.4, -0.2) is 10.8 Å². The Kier molecular flexibility index (Phi) is 3.87. The van der Waals surface area contributed by atoms with Crippen molar-refractivity contribution in [1.82, 2.24) is 4.98 Å². The van der Waals surface area contributed by atoms with Gasteiger partial charge in [-0.2, -0.15) is 0 Å². The van der Waals surface area contributed by atoms with Crippen molar-refractivity contribution in [2.45, 2.75) is 13.3 Å². The summed E-state index contributed by atoms with van der Waals surface area (Å²) in [6, 6.07) is 8.17. The monoisotopic (exact) mass is 307 g/mol. The highest BCUT2D eigenvalue weighted by Crippen LogP contribution is 2.17. The Morgan fingerprint density at radius 3 is 2.72 bits per heavy atom. The number of hydrogen-bond donors (Lipinski definition) is 0. The van der Waals surface area contributed by atoms with Crippen molar-refractivity contribution in [3.8, 4) is 0 Å². The van der Waals surface area contributed by atoms with Gasteiger partial charge in [-0.05, 0) is 36.8 Å². The minimum atomic E-state index is -0.377. The Hall–Kier alpha value is -1.55. The van der Waals surface area contributed by atoms with Gasteiger partial charge in [0.15, 0.2) is 5.78 Å². The predicted molar refractivity (Wildman–Crippen MR) is 71.1 cm³/mol. The molecular weight excluding hydrogens is 297 g/mol. The zero-order valence-electron chi connectivity index (χ0n) is 9.78. The van der Waals surface area contributed by atoms with Crippen molar-refractivity contribution in [1.29, 1.82) is 0 Å². The van der Waals surface area contributed by atoms with Crippen LogP contribution in [0.4, 0.5) is 4.39 Å². The summed E-state index contributed by atoms with van der Waals surface area (Å²) < 4.78 is 14.3. The first-order chi connectivity index (χ1) is 8.56. The maximum Gasteiger partial charge on any atom is 0.168 e. The maximum absolute atomic E-state index is 13.6. The number of carbonyl (C=O) groups is 1. The number of aromatic nitrogens is 1. The van der Waals surface area contributed by atoms with Gasteiger partial charge in [-0.15, -0.1) is 0 Å². The average Bonchev–Trinajstić information content (AvgIpc) is 2.33. The first-order valence-electron chi connectivity index (χ1n) is 5.46. The van der Waals surface area contributed by atoms with E-state index in [1.54, 1.807) is 24.3 Å². The van der Waals surface area contributed by atoms with Gasteiger partial charge in [-0.1, -0.05) is 22.0 Å². The van der Waals surface area contributed by atoms with Crippen LogP contribution in [0.15, 0.2) is 41.0 Å². The largest absolute Gasteiger partial charge is 0.294 e. The van der Waals surface area contributed by atoms with E-state index in [0.717, 1.165) is 5.69 Å². The summed E-state index contributed by atoms with van der Waals surface area (Å²) in [6.45, 7) is 1.85. The zero-order chi connectivity index (χ0) is 13.1. The number of ketones is 1. The second-order valence-electron chi connectivity index (χ2n) is 4.02. The standard InChI is InChI=1S/C14H11BrFNO/c1-9-2-3-11(8-17-9)14(18)6-10-4-5-12(15)7-13(10)16/h2-5,7-8H,6H2,1H3. The lowest BCUT2D eigenvalue weighted by molar-refractivity contribution is 0.0991. The van der Waals surface area contributed by atoms with Crippen molar-refractivity contribution < 1.29 is 9.18 Å². The fourth-order valence-corrected chi connectivity index (χ4v) is 1.91. The number of benzene rings is 1. The van der Waals surface area contributed by atoms with E-state index >= 15 is 0 Å². The van der Waals surface area contributed by atoms with Crippen molar-refractivity contribution in [2.24, 2.45) is 0 Å². The van der Waals surface area contributed by atoms with E-state index in [0.29, 0.717) is 15.6 Å². The fraction of sp³-hybridized carbons (Fsp3) is 0.143. The topological polar surface area (TPSA) is 30.0 Å². The number of carbonyl (C=O) groups excluding carboxylic acids is 1. The van der Waals surface area contributed by atoms with Gasteiger partial charge in [0.25, 0.3) is 0 Å². The van der Waals surface area contributed by atoms with E-state index in [4.69, 9.17) is 0 Å². The summed E-state index contributed by atoms with van der Waals surface area (Å²) in [7, 11) is 0. The van der Waals surface area contributed by atoms with E-state index in [2.05, 4.69) is 20.9 Å². The Morgan fingerprint density at radius 2 is 2.11 bits per heavy atom. The third kappa shape index (κ3) is 3.01. The van der Waals surface area contributed by atoms with Crippen LogP contribution in [0.3, 0.4) is 0 Å². The minimum absolute atomic E-state index is 0.0455. The first kappa shape index (κ1) is 12.9. The molecule has 0 N–H and O–H groups in total. The highest BCUT2D eigenvalue weighted by atomic mass is 79.9. The molecule has 0 fully saturated rings. The smallest absolute Gasteiger partial charge is 0.168 e. The molecule has 0 aliphatic heterocycles. The van der Waals surface area contributed by atoms with Gasteiger partial charge in [-0.3, -0.25) is 9.78 Å². The molecule has 0 atom stereocenters. The van der Waals surface area contributed by atoms with Gasteiger partial charge in [0.05, 0.1) is 0 Å². The Balaban J connectivity index is 2.18. The second kappa shape index (κ2) is 5.40. The average molecular weight is 308 g/mol. The zero-order valence-corrected chi connectivity index (χ0v) is 11.4. The number of hydrogen-bond acceptors (Lipinski definition) is 2. The number of nitrogens with zero attached hydrogens (tertiary/aromatic N) is 1. The lowest BCUT2D eigenvalue weighted by atomic mass is 10.0. The van der Waals surface area contributed by atoms with Gasteiger partial charge in [0, 0.05) is 28.3 Å². The first-order valence-corrected chi connectivity index (χ1v) is 6.25. The number of aryl methyl sites for hydroxylation is 1. The molecule has 2 nitrogen and oxygen atoms in total. The molecular formula is C14H11BrFNO. The molecule has 1 heterocycles. The van der Waals surface area contributed by atoms with Gasteiger partial charge >= 0.3 is 0 Å². The maximum atomic E-state index is 13.6. The van der Waals surface area contributed by atoms with Crippen LogP contribution in [-0.2, 0) is 6.42 Å². The Morgan fingerprint density at radius 1 is 1.33 bits per heavy atom. The minimum Gasteiger partial charge on any atom is -0.294 e. The van der Waals surface area contributed by atoms with Crippen LogP contribution in [0, 0.1) is 12.7 Å². The molecule has 0 saturated heterocycles. The highest BCUT2D eigenvalue weighted by Gasteiger charge is 2.11. The molecule has 1 aromatic heterocycles. The summed E-state index contributed by atoms with van der Waals surface area (Å²) in [5, 5.41) is 0. The highest BCUT2D eigenvalue weighted by molar-refractivity contribution is 9.10. The third-order valence-corrected chi connectivity index (χ3v) is 3.09. The number of rotatable bonds is 3. The normalized spacial score (nSPS) is 10.4. The SMILES string of the molecule is Cc1ccc(C(=O)Cc2ccc(Br)cc2F)cn1. The van der Waals surface area contributed by atoms with E-state index in [9.17, 15) is 9.18 Å². The summed E-state index contributed by atoms with van der Waals surface area (Å²) >= 11 is 3.18. The van der Waals surface area contributed by atoms with Crippen molar-refractivity contribution in [2.75, 3.05) is 0 Å². The van der Waals surface area contributed by atoms with E-state index in [-0.39, 0.29) is 18.0 Å². The fourth-order valence-electron chi connectivity index (χ4n) is 1.57. The van der Waals surface area contributed by atoms with Crippen LogP contribution in [0.1, 0.15) is 21.6 Å². The van der Waals surface area contributed by atoms with Gasteiger partial charge in [0.2, 0.25) is 0 Å². The summed E-state index contributed by atoms with van der Waals surface area (Å²) in [4.78, 5) is 16.0. The molecule has 0 aliphatic carbocycles. The molecule has 0 spiro atoms. The molecule has 0 amide bonds. The number of halogens is 2. The molecule has 0 unspecified atom stereocenters. The lowest BCUT2D eigenvalue weighted by Crippen LogP contribution is -2.05. The van der Waals surface area contributed by atoms with Crippen molar-refractivity contribution in [3.63, 3.8) is 0 Å². The van der Waals surface area contributed by atoms with E-state index in [1.807, 2.05) is 6.92 Å². The molecule has 2 rings (SSSR count). The van der Waals surface area contributed by atoms with Crippen LogP contribution >= 0.6 is 15.9 Å². The molecule has 0 aliphatic rings. The van der Waals surface area contributed by atoms with Gasteiger partial charge in [-0.25, -0.2) is 4.39 Å². The molecule has 1 aromatic carbocycles. The Bertz CT molecular complexity index is 581. The van der Waals surface area contributed by atoms with Crippen LogP contribution in [0.2, 0.25) is 0 Å². The third-order valence-electron chi connectivity index (χ3n) is 2.60. The summed E-state index contributed by atoms with van der Waals surface area (Å²) in [5.41, 5.74) is 1.74. The summed E-state index contributed by atoms with van der Waals surface area (Å²) in [5.74, 6) is -0.512. The Labute approximate surface area is 113 Å². The van der Waals surface area contributed by atoms with Crippen molar-refractivity contribution >= 4 is 21.7 Å². The second-order valence-corrected chi connectivity index (χ2v) is 4.94. The lowest BCUT2D eigenvalue weighted by Gasteiger charge is -2.03. The van der Waals surface area contributed by atoms with Crippen LogP contribution in [0.5, 0.6) is 0 Å². The van der Waals surface area contributed by atoms with Gasteiger partial charge < -0.3 is 0 Å².